The Morgan fingerprint density at radius 1 is 0.933 bits per heavy atom. The number of ether oxygens (including phenoxy) is 1. The van der Waals surface area contributed by atoms with Gasteiger partial charge in [-0.1, -0.05) is 13.3 Å². The fourth-order valence-corrected chi connectivity index (χ4v) is 3.13. The summed E-state index contributed by atoms with van der Waals surface area (Å²) >= 11 is 0. The number of nitrogens with one attached hydrogen (secondary N) is 1. The molecule has 0 bridgehead atoms. The molecule has 1 unspecified atom stereocenters. The predicted molar refractivity (Wildman–Crippen MR) is 122 cm³/mol. The molecule has 0 aliphatic rings. The fraction of sp³-hybridized carbons (Fsp3) is 0.870. The zero-order chi connectivity index (χ0) is 23.2. The zero-order valence-corrected chi connectivity index (χ0v) is 20.4. The third-order valence-corrected chi connectivity index (χ3v) is 4.86. The molecule has 0 aromatic carbocycles. The molecule has 1 N–H and O–H groups in total. The maximum Gasteiger partial charge on any atom is 0.320 e. The first-order valence-corrected chi connectivity index (χ1v) is 11.3. The van der Waals surface area contributed by atoms with Crippen LogP contribution >= 0.6 is 0 Å². The molecule has 0 saturated heterocycles. The van der Waals surface area contributed by atoms with Crippen LogP contribution in [0.15, 0.2) is 0 Å². The van der Waals surface area contributed by atoms with E-state index in [1.807, 2.05) is 34.7 Å². The molecule has 7 heteroatoms. The SMILES string of the molecule is CCC(=O)CN(C)CCCCN(C)CCCCC(NCC(=O)OC(C)(C)C)C(C)=O. The van der Waals surface area contributed by atoms with E-state index in [4.69, 9.17) is 4.74 Å². The number of carbonyl (C=O) groups is 3. The molecule has 0 spiro atoms. The van der Waals surface area contributed by atoms with E-state index in [1.165, 1.54) is 0 Å². The molecule has 0 radical (unpaired) electrons. The van der Waals surface area contributed by atoms with Crippen molar-refractivity contribution < 1.29 is 19.1 Å². The molecule has 0 fully saturated rings. The van der Waals surface area contributed by atoms with Gasteiger partial charge in [0, 0.05) is 6.42 Å². The van der Waals surface area contributed by atoms with E-state index in [0.717, 1.165) is 51.7 Å². The quantitative estimate of drug-likeness (QED) is 0.282. The Morgan fingerprint density at radius 2 is 1.47 bits per heavy atom. The summed E-state index contributed by atoms with van der Waals surface area (Å²) in [5, 5.41) is 3.03. The van der Waals surface area contributed by atoms with Crippen molar-refractivity contribution >= 4 is 17.5 Å². The number of esters is 1. The Bertz CT molecular complexity index is 517. The second kappa shape index (κ2) is 15.5. The Hall–Kier alpha value is -1.31. The van der Waals surface area contributed by atoms with Crippen LogP contribution in [-0.4, -0.2) is 85.8 Å². The molecule has 0 amide bonds. The number of Topliss-reactive ketones (excluding diaryl/α,β-unsaturated/α-hetero) is 2. The maximum absolute atomic E-state index is 11.8. The van der Waals surface area contributed by atoms with Crippen molar-refractivity contribution in [2.45, 2.75) is 84.8 Å². The largest absolute Gasteiger partial charge is 0.459 e. The molecule has 0 rings (SSSR count). The number of hydrogen-bond donors (Lipinski definition) is 1. The van der Waals surface area contributed by atoms with Gasteiger partial charge in [0.1, 0.15) is 17.2 Å². The standard InChI is InChI=1S/C23H45N3O4/c1-8-20(28)18-26(7)16-12-11-15-25(6)14-10-9-13-21(19(2)27)24-17-22(29)30-23(3,4)5/h21,24H,8-18H2,1-7H3. The van der Waals surface area contributed by atoms with Crippen LogP contribution in [0.5, 0.6) is 0 Å². The highest BCUT2D eigenvalue weighted by Gasteiger charge is 2.19. The van der Waals surface area contributed by atoms with Gasteiger partial charge in [-0.05, 0) is 87.1 Å². The van der Waals surface area contributed by atoms with Gasteiger partial charge in [-0.15, -0.1) is 0 Å². The van der Waals surface area contributed by atoms with Crippen molar-refractivity contribution in [2.24, 2.45) is 0 Å². The van der Waals surface area contributed by atoms with Gasteiger partial charge in [-0.3, -0.25) is 24.6 Å². The lowest BCUT2D eigenvalue weighted by molar-refractivity contribution is -0.153. The minimum atomic E-state index is -0.516. The minimum absolute atomic E-state index is 0.0533. The fourth-order valence-electron chi connectivity index (χ4n) is 3.13. The van der Waals surface area contributed by atoms with E-state index >= 15 is 0 Å². The van der Waals surface area contributed by atoms with Crippen molar-refractivity contribution in [3.63, 3.8) is 0 Å². The lowest BCUT2D eigenvalue weighted by Crippen LogP contribution is -2.40. The second-order valence-electron chi connectivity index (χ2n) is 9.27. The number of hydrogen-bond acceptors (Lipinski definition) is 7. The number of unbranched alkanes of at least 4 members (excludes halogenated alkanes) is 2. The molecular weight excluding hydrogens is 382 g/mol. The maximum atomic E-state index is 11.8. The first kappa shape index (κ1) is 28.7. The smallest absolute Gasteiger partial charge is 0.320 e. The molecule has 30 heavy (non-hydrogen) atoms. The molecular formula is C23H45N3O4. The first-order valence-electron chi connectivity index (χ1n) is 11.3. The van der Waals surface area contributed by atoms with E-state index < -0.39 is 5.60 Å². The normalized spacial score (nSPS) is 13.0. The van der Waals surface area contributed by atoms with Crippen LogP contribution in [0.1, 0.15) is 73.1 Å². The molecule has 1 atom stereocenters. The number of ketones is 2. The highest BCUT2D eigenvalue weighted by Crippen LogP contribution is 2.08. The van der Waals surface area contributed by atoms with Crippen LogP contribution < -0.4 is 5.32 Å². The van der Waals surface area contributed by atoms with Gasteiger partial charge < -0.3 is 9.64 Å². The Morgan fingerprint density at radius 3 is 1.97 bits per heavy atom. The van der Waals surface area contributed by atoms with Gasteiger partial charge in [0.15, 0.2) is 0 Å². The van der Waals surface area contributed by atoms with Gasteiger partial charge in [0.05, 0.1) is 19.1 Å². The Labute approximate surface area is 183 Å². The first-order chi connectivity index (χ1) is 13.9. The van der Waals surface area contributed by atoms with E-state index in [9.17, 15) is 14.4 Å². The highest BCUT2D eigenvalue weighted by atomic mass is 16.6. The minimum Gasteiger partial charge on any atom is -0.459 e. The number of rotatable bonds is 17. The molecule has 0 aromatic heterocycles. The number of likely N-dealkylation sites (N-methyl/N-ethyl adjacent to an activating group) is 1. The van der Waals surface area contributed by atoms with Crippen molar-refractivity contribution in [2.75, 3.05) is 46.8 Å². The summed E-state index contributed by atoms with van der Waals surface area (Å²) in [4.78, 5) is 39.5. The Kier molecular flexibility index (Phi) is 14.8. The van der Waals surface area contributed by atoms with Crippen LogP contribution in [0.3, 0.4) is 0 Å². The Balaban J connectivity index is 3.93. The molecule has 176 valence electrons. The van der Waals surface area contributed by atoms with Gasteiger partial charge in [0.2, 0.25) is 0 Å². The molecule has 0 saturated carbocycles. The average Bonchev–Trinajstić information content (AvgIpc) is 2.62. The van der Waals surface area contributed by atoms with E-state index in [1.54, 1.807) is 6.92 Å². The van der Waals surface area contributed by atoms with E-state index in [-0.39, 0.29) is 24.3 Å². The third-order valence-electron chi connectivity index (χ3n) is 4.86. The number of carbonyl (C=O) groups excluding carboxylic acids is 3. The summed E-state index contributed by atoms with van der Waals surface area (Å²) in [5.74, 6) is 0.00911. The van der Waals surface area contributed by atoms with Crippen molar-refractivity contribution in [1.29, 1.82) is 0 Å². The van der Waals surface area contributed by atoms with E-state index in [0.29, 0.717) is 18.7 Å². The summed E-state index contributed by atoms with van der Waals surface area (Å²) < 4.78 is 5.27. The van der Waals surface area contributed by atoms with Crippen LogP contribution in [-0.2, 0) is 19.1 Å². The predicted octanol–water partition coefficient (Wildman–Crippen LogP) is 2.67. The van der Waals surface area contributed by atoms with Crippen LogP contribution in [0.2, 0.25) is 0 Å². The second-order valence-corrected chi connectivity index (χ2v) is 9.27. The summed E-state index contributed by atoms with van der Waals surface area (Å²) in [5.41, 5.74) is -0.516. The lowest BCUT2D eigenvalue weighted by atomic mass is 10.1. The highest BCUT2D eigenvalue weighted by molar-refractivity contribution is 5.82. The summed E-state index contributed by atoms with van der Waals surface area (Å²) in [6.45, 7) is 12.5. The van der Waals surface area contributed by atoms with Crippen LogP contribution in [0.4, 0.5) is 0 Å². The zero-order valence-electron chi connectivity index (χ0n) is 20.4. The molecule has 0 heterocycles. The van der Waals surface area contributed by atoms with E-state index in [2.05, 4.69) is 22.2 Å². The van der Waals surface area contributed by atoms with Crippen molar-refractivity contribution in [3.8, 4) is 0 Å². The van der Waals surface area contributed by atoms with Crippen LogP contribution in [0.25, 0.3) is 0 Å². The molecule has 7 nitrogen and oxygen atoms in total. The lowest BCUT2D eigenvalue weighted by Gasteiger charge is -2.21. The van der Waals surface area contributed by atoms with Gasteiger partial charge in [-0.2, -0.15) is 0 Å². The molecule has 0 aliphatic heterocycles. The topological polar surface area (TPSA) is 79.0 Å². The van der Waals surface area contributed by atoms with Crippen molar-refractivity contribution in [3.05, 3.63) is 0 Å². The number of nitrogens with zero attached hydrogens (tertiary/aromatic N) is 2. The summed E-state index contributed by atoms with van der Waals surface area (Å²) in [6.07, 6.45) is 5.46. The van der Waals surface area contributed by atoms with Gasteiger partial charge in [-0.25, -0.2) is 0 Å². The van der Waals surface area contributed by atoms with Crippen molar-refractivity contribution in [1.82, 2.24) is 15.1 Å². The monoisotopic (exact) mass is 427 g/mol. The van der Waals surface area contributed by atoms with Gasteiger partial charge in [0.25, 0.3) is 0 Å². The summed E-state index contributed by atoms with van der Waals surface area (Å²) in [7, 11) is 4.12. The third kappa shape index (κ3) is 16.5. The molecule has 0 aromatic rings. The summed E-state index contributed by atoms with van der Waals surface area (Å²) in [6, 6.07) is -0.302. The average molecular weight is 428 g/mol. The van der Waals surface area contributed by atoms with Gasteiger partial charge >= 0.3 is 5.97 Å². The molecule has 0 aliphatic carbocycles. The van der Waals surface area contributed by atoms with Crippen LogP contribution in [0, 0.1) is 0 Å².